The van der Waals surface area contributed by atoms with Gasteiger partial charge in [0, 0.05) is 9.50 Å². The van der Waals surface area contributed by atoms with Crippen LogP contribution in [0.5, 0.6) is 0 Å². The molecule has 19 heavy (non-hydrogen) atoms. The van der Waals surface area contributed by atoms with Gasteiger partial charge in [-0.2, -0.15) is 5.26 Å². The Morgan fingerprint density at radius 1 is 1.11 bits per heavy atom. The minimum atomic E-state index is 0.588. The second kappa shape index (κ2) is 5.83. The third kappa shape index (κ3) is 3.22. The second-order valence-electron chi connectivity index (χ2n) is 4.01. The lowest BCUT2D eigenvalue weighted by Gasteiger charge is -2.12. The molecular formula is C14H9BrCl2N2. The molecule has 0 aliphatic carbocycles. The average molecular weight is 356 g/mol. The highest BCUT2D eigenvalue weighted by molar-refractivity contribution is 9.10. The molecule has 0 bridgehead atoms. The minimum absolute atomic E-state index is 0.588. The van der Waals surface area contributed by atoms with Gasteiger partial charge in [-0.3, -0.25) is 0 Å². The topological polar surface area (TPSA) is 35.8 Å². The SMILES string of the molecule is Cc1cc(Cl)c(Nc2ccc(C#N)cc2Br)cc1Cl. The number of benzene rings is 2. The molecule has 0 aliphatic rings. The van der Waals surface area contributed by atoms with Crippen LogP contribution in [-0.2, 0) is 0 Å². The minimum Gasteiger partial charge on any atom is -0.353 e. The molecule has 2 nitrogen and oxygen atoms in total. The molecule has 0 spiro atoms. The average Bonchev–Trinajstić information content (AvgIpc) is 2.38. The maximum absolute atomic E-state index is 8.82. The normalized spacial score (nSPS) is 10.1. The molecule has 0 aliphatic heterocycles. The van der Waals surface area contributed by atoms with Crippen LogP contribution < -0.4 is 5.32 Å². The molecule has 1 N–H and O–H groups in total. The van der Waals surface area contributed by atoms with Crippen LogP contribution in [0.2, 0.25) is 10.0 Å². The Bertz CT molecular complexity index is 678. The first-order chi connectivity index (χ1) is 9.01. The molecule has 2 rings (SSSR count). The molecular weight excluding hydrogens is 347 g/mol. The molecule has 5 heteroatoms. The van der Waals surface area contributed by atoms with Crippen LogP contribution in [0, 0.1) is 18.3 Å². The molecule has 0 fully saturated rings. The van der Waals surface area contributed by atoms with E-state index in [4.69, 9.17) is 28.5 Å². The zero-order valence-corrected chi connectivity index (χ0v) is 13.1. The summed E-state index contributed by atoms with van der Waals surface area (Å²) in [6.07, 6.45) is 0. The Morgan fingerprint density at radius 3 is 2.47 bits per heavy atom. The third-order valence-electron chi connectivity index (χ3n) is 2.62. The molecule has 2 aromatic carbocycles. The van der Waals surface area contributed by atoms with E-state index >= 15 is 0 Å². The largest absolute Gasteiger partial charge is 0.353 e. The summed E-state index contributed by atoms with van der Waals surface area (Å²) < 4.78 is 0.791. The lowest BCUT2D eigenvalue weighted by molar-refractivity contribution is 1.43. The molecule has 0 saturated heterocycles. The van der Waals surface area contributed by atoms with E-state index in [0.717, 1.165) is 21.4 Å². The fraction of sp³-hybridized carbons (Fsp3) is 0.0714. The van der Waals surface area contributed by atoms with E-state index in [0.29, 0.717) is 15.6 Å². The number of hydrogen-bond acceptors (Lipinski definition) is 2. The van der Waals surface area contributed by atoms with Crippen LogP contribution in [0.3, 0.4) is 0 Å². The Labute approximate surface area is 130 Å². The van der Waals surface area contributed by atoms with Gasteiger partial charge in [0.05, 0.1) is 28.0 Å². The summed E-state index contributed by atoms with van der Waals surface area (Å²) in [6, 6.07) is 11.0. The fourth-order valence-corrected chi connectivity index (χ4v) is 2.48. The lowest BCUT2D eigenvalue weighted by atomic mass is 10.2. The molecule has 96 valence electrons. The molecule has 0 atom stereocenters. The van der Waals surface area contributed by atoms with Crippen LogP contribution in [0.15, 0.2) is 34.8 Å². The van der Waals surface area contributed by atoms with Crippen LogP contribution in [0.25, 0.3) is 0 Å². The second-order valence-corrected chi connectivity index (χ2v) is 5.68. The zero-order valence-electron chi connectivity index (χ0n) is 9.97. The number of halogens is 3. The van der Waals surface area contributed by atoms with Crippen molar-refractivity contribution in [1.29, 1.82) is 5.26 Å². The van der Waals surface area contributed by atoms with Crippen molar-refractivity contribution in [1.82, 2.24) is 0 Å². The fourth-order valence-electron chi connectivity index (χ4n) is 1.57. The lowest BCUT2D eigenvalue weighted by Crippen LogP contribution is -1.94. The van der Waals surface area contributed by atoms with Gasteiger partial charge < -0.3 is 5.32 Å². The molecule has 2 aromatic rings. The first-order valence-electron chi connectivity index (χ1n) is 5.43. The first kappa shape index (κ1) is 14.2. The van der Waals surface area contributed by atoms with Gasteiger partial charge in [0.2, 0.25) is 0 Å². The molecule has 0 radical (unpaired) electrons. The highest BCUT2D eigenvalue weighted by atomic mass is 79.9. The molecule has 0 unspecified atom stereocenters. The van der Waals surface area contributed by atoms with Crippen LogP contribution >= 0.6 is 39.1 Å². The van der Waals surface area contributed by atoms with E-state index in [1.54, 1.807) is 18.2 Å². The van der Waals surface area contributed by atoms with Gasteiger partial charge in [-0.15, -0.1) is 0 Å². The van der Waals surface area contributed by atoms with Gasteiger partial charge in [0.1, 0.15) is 0 Å². The molecule has 0 aromatic heterocycles. The van der Waals surface area contributed by atoms with Crippen molar-refractivity contribution >= 4 is 50.5 Å². The Morgan fingerprint density at radius 2 is 1.84 bits per heavy atom. The van der Waals surface area contributed by atoms with Crippen molar-refractivity contribution < 1.29 is 0 Å². The van der Waals surface area contributed by atoms with E-state index in [2.05, 4.69) is 27.3 Å². The van der Waals surface area contributed by atoms with E-state index in [-0.39, 0.29) is 0 Å². The summed E-state index contributed by atoms with van der Waals surface area (Å²) in [7, 11) is 0. The van der Waals surface area contributed by atoms with Gasteiger partial charge in [-0.25, -0.2) is 0 Å². The van der Waals surface area contributed by atoms with E-state index in [1.165, 1.54) is 0 Å². The summed E-state index contributed by atoms with van der Waals surface area (Å²) in [5.41, 5.74) is 3.06. The van der Waals surface area contributed by atoms with Crippen LogP contribution in [0.1, 0.15) is 11.1 Å². The van der Waals surface area contributed by atoms with E-state index in [1.807, 2.05) is 19.1 Å². The summed E-state index contributed by atoms with van der Waals surface area (Å²) >= 11 is 15.7. The van der Waals surface area contributed by atoms with Gasteiger partial charge in [-0.1, -0.05) is 23.2 Å². The van der Waals surface area contributed by atoms with Gasteiger partial charge >= 0.3 is 0 Å². The number of aryl methyl sites for hydroxylation is 1. The van der Waals surface area contributed by atoms with Gasteiger partial charge in [0.15, 0.2) is 0 Å². The van der Waals surface area contributed by atoms with Crippen molar-refractivity contribution in [2.24, 2.45) is 0 Å². The van der Waals surface area contributed by atoms with E-state index in [9.17, 15) is 0 Å². The number of rotatable bonds is 2. The maximum atomic E-state index is 8.82. The predicted molar refractivity (Wildman–Crippen MR) is 83.3 cm³/mol. The summed E-state index contributed by atoms with van der Waals surface area (Å²) in [4.78, 5) is 0. The van der Waals surface area contributed by atoms with Crippen molar-refractivity contribution in [3.05, 3.63) is 56.0 Å². The number of hydrogen-bond donors (Lipinski definition) is 1. The standard InChI is InChI=1S/C14H9BrCl2N2/c1-8-4-12(17)14(6-11(8)16)19-13-3-2-9(7-18)5-10(13)15/h2-6,19H,1H3. The predicted octanol–water partition coefficient (Wildman–Crippen LogP) is 5.68. The number of nitriles is 1. The quantitative estimate of drug-likeness (QED) is 0.752. The highest BCUT2D eigenvalue weighted by Crippen LogP contribution is 2.33. The first-order valence-corrected chi connectivity index (χ1v) is 6.98. The number of nitrogens with zero attached hydrogens (tertiary/aromatic N) is 1. The van der Waals surface area contributed by atoms with Crippen molar-refractivity contribution in [2.75, 3.05) is 5.32 Å². The third-order valence-corrected chi connectivity index (χ3v) is 3.99. The van der Waals surface area contributed by atoms with Crippen LogP contribution in [0.4, 0.5) is 11.4 Å². The number of anilines is 2. The molecule has 0 saturated carbocycles. The molecule has 0 amide bonds. The van der Waals surface area contributed by atoms with Crippen LogP contribution in [-0.4, -0.2) is 0 Å². The Hall–Kier alpha value is -1.21. The Balaban J connectivity index is 2.37. The molecule has 0 heterocycles. The monoisotopic (exact) mass is 354 g/mol. The summed E-state index contributed by atoms with van der Waals surface area (Å²) in [5, 5.41) is 13.3. The van der Waals surface area contributed by atoms with Gasteiger partial charge in [0.25, 0.3) is 0 Å². The zero-order chi connectivity index (χ0) is 14.0. The smallest absolute Gasteiger partial charge is 0.0992 e. The maximum Gasteiger partial charge on any atom is 0.0992 e. The van der Waals surface area contributed by atoms with Crippen molar-refractivity contribution in [2.45, 2.75) is 6.92 Å². The van der Waals surface area contributed by atoms with Crippen molar-refractivity contribution in [3.8, 4) is 6.07 Å². The summed E-state index contributed by atoms with van der Waals surface area (Å²) in [5.74, 6) is 0. The summed E-state index contributed by atoms with van der Waals surface area (Å²) in [6.45, 7) is 1.90. The Kier molecular flexibility index (Phi) is 4.36. The van der Waals surface area contributed by atoms with E-state index < -0.39 is 0 Å². The highest BCUT2D eigenvalue weighted by Gasteiger charge is 2.07. The number of nitrogens with one attached hydrogen (secondary N) is 1. The van der Waals surface area contributed by atoms with Crippen molar-refractivity contribution in [3.63, 3.8) is 0 Å². The van der Waals surface area contributed by atoms with Gasteiger partial charge in [-0.05, 0) is 58.7 Å².